The van der Waals surface area contributed by atoms with Crippen molar-refractivity contribution in [2.45, 2.75) is 25.8 Å². The Labute approximate surface area is 125 Å². The van der Waals surface area contributed by atoms with Gasteiger partial charge in [0.2, 0.25) is 0 Å². The highest BCUT2D eigenvalue weighted by atomic mass is 16.5. The summed E-state index contributed by atoms with van der Waals surface area (Å²) in [5.74, 6) is 5.83. The van der Waals surface area contributed by atoms with Gasteiger partial charge in [-0.2, -0.15) is 0 Å². The molecule has 1 saturated heterocycles. The van der Waals surface area contributed by atoms with Crippen LogP contribution in [0.15, 0.2) is 18.2 Å². The molecule has 1 atom stereocenters. The number of carbonyl (C=O) groups is 1. The van der Waals surface area contributed by atoms with Crippen molar-refractivity contribution in [3.8, 4) is 11.8 Å². The van der Waals surface area contributed by atoms with Gasteiger partial charge in [-0.1, -0.05) is 23.5 Å². The average molecular weight is 287 g/mol. The number of hydrogen-bond acceptors (Lipinski definition) is 3. The fourth-order valence-corrected chi connectivity index (χ4v) is 2.34. The lowest BCUT2D eigenvalue weighted by Crippen LogP contribution is -2.37. The van der Waals surface area contributed by atoms with Crippen LogP contribution in [0.2, 0.25) is 0 Å². The summed E-state index contributed by atoms with van der Waals surface area (Å²) < 4.78 is 5.35. The van der Waals surface area contributed by atoms with Gasteiger partial charge in [-0.25, -0.2) is 0 Å². The molecular formula is C17H21NO3. The fraction of sp³-hybridized carbons (Fsp3) is 0.471. The van der Waals surface area contributed by atoms with Crippen LogP contribution in [0, 0.1) is 18.8 Å². The SMILES string of the molecule is Cc1ccc(C#CCCO)c(C(=O)N(C)C2CCOC2)c1. The van der Waals surface area contributed by atoms with Crippen LogP contribution >= 0.6 is 0 Å². The molecule has 1 unspecified atom stereocenters. The molecular weight excluding hydrogens is 266 g/mol. The molecule has 0 saturated carbocycles. The van der Waals surface area contributed by atoms with Crippen molar-refractivity contribution in [2.24, 2.45) is 0 Å². The molecule has 0 spiro atoms. The summed E-state index contributed by atoms with van der Waals surface area (Å²) in [7, 11) is 1.81. The maximum absolute atomic E-state index is 12.7. The first-order valence-electron chi connectivity index (χ1n) is 7.18. The molecule has 1 N–H and O–H groups in total. The summed E-state index contributed by atoms with van der Waals surface area (Å²) in [6.07, 6.45) is 1.29. The van der Waals surface area contributed by atoms with Gasteiger partial charge >= 0.3 is 0 Å². The molecule has 1 aliphatic rings. The molecule has 4 heteroatoms. The summed E-state index contributed by atoms with van der Waals surface area (Å²) in [5, 5.41) is 8.81. The lowest BCUT2D eigenvalue weighted by molar-refractivity contribution is 0.0711. The maximum Gasteiger partial charge on any atom is 0.255 e. The Morgan fingerprint density at radius 3 is 3.00 bits per heavy atom. The van der Waals surface area contributed by atoms with Crippen molar-refractivity contribution in [3.05, 3.63) is 34.9 Å². The van der Waals surface area contributed by atoms with Crippen LogP contribution < -0.4 is 0 Å². The van der Waals surface area contributed by atoms with E-state index in [0.29, 0.717) is 30.8 Å². The first-order valence-corrected chi connectivity index (χ1v) is 7.18. The zero-order chi connectivity index (χ0) is 15.2. The van der Waals surface area contributed by atoms with E-state index in [1.54, 1.807) is 4.90 Å². The summed E-state index contributed by atoms with van der Waals surface area (Å²) in [5.41, 5.74) is 2.36. The van der Waals surface area contributed by atoms with Crippen LogP contribution in [0.4, 0.5) is 0 Å². The minimum atomic E-state index is -0.0255. The van der Waals surface area contributed by atoms with E-state index in [1.807, 2.05) is 32.2 Å². The number of nitrogens with zero attached hydrogens (tertiary/aromatic N) is 1. The van der Waals surface area contributed by atoms with Crippen LogP contribution in [-0.4, -0.2) is 48.8 Å². The van der Waals surface area contributed by atoms with Gasteiger partial charge in [0.1, 0.15) is 0 Å². The number of benzene rings is 1. The van der Waals surface area contributed by atoms with Gasteiger partial charge in [0.15, 0.2) is 0 Å². The third-order valence-corrected chi connectivity index (χ3v) is 3.64. The standard InChI is InChI=1S/C17H21NO3/c1-13-6-7-14(5-3-4-9-19)16(11-13)17(20)18(2)15-8-10-21-12-15/h6-7,11,15,19H,4,8-10,12H2,1-2H3. The number of amides is 1. The minimum absolute atomic E-state index is 0.0255. The average Bonchev–Trinajstić information content (AvgIpc) is 3.01. The zero-order valence-electron chi connectivity index (χ0n) is 12.6. The first kappa shape index (κ1) is 15.6. The Bertz CT molecular complexity index is 565. The van der Waals surface area contributed by atoms with E-state index in [9.17, 15) is 4.79 Å². The molecule has 1 amide bonds. The number of aliphatic hydroxyl groups is 1. The predicted octanol–water partition coefficient (Wildman–Crippen LogP) is 1.59. The summed E-state index contributed by atoms with van der Waals surface area (Å²) in [6, 6.07) is 5.82. The number of likely N-dealkylation sites (N-methyl/N-ethyl adjacent to an activating group) is 1. The Morgan fingerprint density at radius 2 is 2.33 bits per heavy atom. The molecule has 1 aromatic rings. The second kappa shape index (κ2) is 7.26. The highest BCUT2D eigenvalue weighted by Gasteiger charge is 2.26. The van der Waals surface area contributed by atoms with Crippen LogP contribution in [-0.2, 0) is 4.74 Å². The summed E-state index contributed by atoms with van der Waals surface area (Å²) >= 11 is 0. The van der Waals surface area contributed by atoms with Gasteiger partial charge in [0.05, 0.1) is 24.8 Å². The Kier molecular flexibility index (Phi) is 5.38. The molecule has 0 aliphatic carbocycles. The normalized spacial score (nSPS) is 17.2. The highest BCUT2D eigenvalue weighted by molar-refractivity contribution is 5.97. The molecule has 0 radical (unpaired) electrons. The van der Waals surface area contributed by atoms with E-state index in [2.05, 4.69) is 11.8 Å². The molecule has 1 aliphatic heterocycles. The summed E-state index contributed by atoms with van der Waals surface area (Å²) in [4.78, 5) is 14.4. The number of ether oxygens (including phenoxy) is 1. The van der Waals surface area contributed by atoms with Crippen LogP contribution in [0.3, 0.4) is 0 Å². The molecule has 4 nitrogen and oxygen atoms in total. The van der Waals surface area contributed by atoms with E-state index in [0.717, 1.165) is 12.0 Å². The molecule has 1 aromatic carbocycles. The molecule has 1 heterocycles. The van der Waals surface area contributed by atoms with Gasteiger partial charge in [0, 0.05) is 25.6 Å². The summed E-state index contributed by atoms with van der Waals surface area (Å²) in [6.45, 7) is 3.29. The van der Waals surface area contributed by atoms with Gasteiger partial charge in [-0.15, -0.1) is 0 Å². The lowest BCUT2D eigenvalue weighted by atomic mass is 10.0. The van der Waals surface area contributed by atoms with Crippen molar-refractivity contribution in [1.29, 1.82) is 0 Å². The van der Waals surface area contributed by atoms with Crippen molar-refractivity contribution in [3.63, 3.8) is 0 Å². The molecule has 0 aromatic heterocycles. The fourth-order valence-electron chi connectivity index (χ4n) is 2.34. The van der Waals surface area contributed by atoms with Crippen LogP contribution in [0.5, 0.6) is 0 Å². The van der Waals surface area contributed by atoms with Crippen molar-refractivity contribution >= 4 is 5.91 Å². The van der Waals surface area contributed by atoms with E-state index in [1.165, 1.54) is 0 Å². The van der Waals surface area contributed by atoms with Gasteiger partial charge < -0.3 is 14.7 Å². The van der Waals surface area contributed by atoms with Gasteiger partial charge in [-0.3, -0.25) is 4.79 Å². The number of hydrogen-bond donors (Lipinski definition) is 1. The van der Waals surface area contributed by atoms with Gasteiger partial charge in [-0.05, 0) is 25.5 Å². The van der Waals surface area contributed by atoms with Crippen molar-refractivity contribution in [1.82, 2.24) is 4.90 Å². The van der Waals surface area contributed by atoms with Crippen molar-refractivity contribution in [2.75, 3.05) is 26.9 Å². The smallest absolute Gasteiger partial charge is 0.255 e. The highest BCUT2D eigenvalue weighted by Crippen LogP contribution is 2.17. The number of aliphatic hydroxyl groups excluding tert-OH is 1. The monoisotopic (exact) mass is 287 g/mol. The Balaban J connectivity index is 2.26. The minimum Gasteiger partial charge on any atom is -0.395 e. The number of carbonyl (C=O) groups excluding carboxylic acids is 1. The second-order valence-electron chi connectivity index (χ2n) is 5.26. The Morgan fingerprint density at radius 1 is 1.52 bits per heavy atom. The molecule has 112 valence electrons. The maximum atomic E-state index is 12.7. The predicted molar refractivity (Wildman–Crippen MR) is 81.1 cm³/mol. The lowest BCUT2D eigenvalue weighted by Gasteiger charge is -2.24. The Hall–Kier alpha value is -1.83. The third kappa shape index (κ3) is 3.84. The number of aryl methyl sites for hydroxylation is 1. The van der Waals surface area contributed by atoms with Crippen LogP contribution in [0.1, 0.15) is 34.3 Å². The topological polar surface area (TPSA) is 49.8 Å². The largest absolute Gasteiger partial charge is 0.395 e. The molecule has 0 bridgehead atoms. The van der Waals surface area contributed by atoms with Gasteiger partial charge in [0.25, 0.3) is 5.91 Å². The number of rotatable bonds is 3. The second-order valence-corrected chi connectivity index (χ2v) is 5.26. The molecule has 1 fully saturated rings. The van der Waals surface area contributed by atoms with E-state index < -0.39 is 0 Å². The van der Waals surface area contributed by atoms with E-state index >= 15 is 0 Å². The van der Waals surface area contributed by atoms with E-state index in [4.69, 9.17) is 9.84 Å². The van der Waals surface area contributed by atoms with E-state index in [-0.39, 0.29) is 18.6 Å². The first-order chi connectivity index (χ1) is 10.1. The zero-order valence-corrected chi connectivity index (χ0v) is 12.6. The third-order valence-electron chi connectivity index (χ3n) is 3.64. The molecule has 21 heavy (non-hydrogen) atoms. The van der Waals surface area contributed by atoms with Crippen LogP contribution in [0.25, 0.3) is 0 Å². The molecule has 2 rings (SSSR count). The van der Waals surface area contributed by atoms with Crippen molar-refractivity contribution < 1.29 is 14.6 Å². The quantitative estimate of drug-likeness (QED) is 0.859.